The summed E-state index contributed by atoms with van der Waals surface area (Å²) in [5.41, 5.74) is 5.06. The van der Waals surface area contributed by atoms with E-state index in [1.54, 1.807) is 24.8 Å². The minimum atomic E-state index is -0.273. The molecule has 1 aromatic carbocycles. The predicted molar refractivity (Wildman–Crippen MR) is 116 cm³/mol. The van der Waals surface area contributed by atoms with E-state index in [9.17, 15) is 4.79 Å². The van der Waals surface area contributed by atoms with Gasteiger partial charge in [-0.15, -0.1) is 0 Å². The van der Waals surface area contributed by atoms with Crippen LogP contribution < -0.4 is 0 Å². The monoisotopic (exact) mass is 429 g/mol. The molecule has 0 radical (unpaired) electrons. The molecule has 0 N–H and O–H groups in total. The Bertz CT molecular complexity index is 1260. The maximum Gasteiger partial charge on any atom is 0.256 e. The van der Waals surface area contributed by atoms with E-state index in [1.807, 2.05) is 43.9 Å². The number of hydrogen-bond donors (Lipinski definition) is 0. The van der Waals surface area contributed by atoms with Gasteiger partial charge in [-0.1, -0.05) is 16.8 Å². The van der Waals surface area contributed by atoms with E-state index in [4.69, 9.17) is 4.52 Å². The minimum Gasteiger partial charge on any atom is -0.337 e. The van der Waals surface area contributed by atoms with Crippen molar-refractivity contribution < 1.29 is 9.32 Å². The van der Waals surface area contributed by atoms with Gasteiger partial charge in [0.2, 0.25) is 11.7 Å². The third-order valence-electron chi connectivity index (χ3n) is 5.81. The van der Waals surface area contributed by atoms with Gasteiger partial charge < -0.3 is 9.42 Å². The van der Waals surface area contributed by atoms with Crippen LogP contribution in [0.2, 0.25) is 0 Å². The van der Waals surface area contributed by atoms with Gasteiger partial charge in [0.05, 0.1) is 23.6 Å². The molecule has 5 rings (SSSR count). The van der Waals surface area contributed by atoms with Crippen molar-refractivity contribution in [1.29, 1.82) is 0 Å². The molecular weight excluding hydrogens is 406 g/mol. The smallest absolute Gasteiger partial charge is 0.256 e. The zero-order valence-electron chi connectivity index (χ0n) is 18.2. The topological polar surface area (TPSA) is 103 Å². The van der Waals surface area contributed by atoms with Crippen LogP contribution in [-0.4, -0.2) is 47.5 Å². The molecule has 0 bridgehead atoms. The standard InChI is InChI=1S/C23H23N7O2/c1-14-6-7-18(30-25-8-9-26-30)17(11-14)23(31)29-10-4-5-19(29)22-27-21(28-32-22)20-15(2)12-24-13-16(20)3/h6-9,11-13,19H,4-5,10H2,1-3H3. The Morgan fingerprint density at radius 3 is 2.59 bits per heavy atom. The number of carbonyl (C=O) groups excluding carboxylic acids is 1. The lowest BCUT2D eigenvalue weighted by atomic mass is 10.1. The van der Waals surface area contributed by atoms with E-state index in [1.165, 1.54) is 4.80 Å². The molecule has 1 fully saturated rings. The second-order valence-electron chi connectivity index (χ2n) is 8.10. The Labute approximate surface area is 185 Å². The third-order valence-corrected chi connectivity index (χ3v) is 5.81. The van der Waals surface area contributed by atoms with E-state index in [2.05, 4.69) is 25.3 Å². The van der Waals surface area contributed by atoms with Gasteiger partial charge >= 0.3 is 0 Å². The lowest BCUT2D eigenvalue weighted by Gasteiger charge is -2.23. The molecule has 3 aromatic heterocycles. The number of aromatic nitrogens is 6. The fraction of sp³-hybridized carbons (Fsp3) is 0.304. The first-order valence-electron chi connectivity index (χ1n) is 10.6. The van der Waals surface area contributed by atoms with Gasteiger partial charge in [-0.3, -0.25) is 9.78 Å². The average Bonchev–Trinajstić information content (AvgIpc) is 3.54. The summed E-state index contributed by atoms with van der Waals surface area (Å²) in [4.78, 5) is 25.8. The number of amides is 1. The van der Waals surface area contributed by atoms with Gasteiger partial charge in [-0.2, -0.15) is 20.0 Å². The molecule has 4 aromatic rings. The number of carbonyl (C=O) groups is 1. The first-order chi connectivity index (χ1) is 15.5. The molecule has 9 nitrogen and oxygen atoms in total. The minimum absolute atomic E-state index is 0.0977. The van der Waals surface area contributed by atoms with Gasteiger partial charge in [-0.05, 0) is 56.9 Å². The normalized spacial score (nSPS) is 16.0. The Morgan fingerprint density at radius 2 is 1.84 bits per heavy atom. The Balaban J connectivity index is 1.49. The highest BCUT2D eigenvalue weighted by molar-refractivity contribution is 5.98. The molecule has 9 heteroatoms. The van der Waals surface area contributed by atoms with Crippen molar-refractivity contribution in [2.75, 3.05) is 6.54 Å². The van der Waals surface area contributed by atoms with Crippen molar-refractivity contribution >= 4 is 5.91 Å². The maximum atomic E-state index is 13.6. The van der Waals surface area contributed by atoms with Crippen molar-refractivity contribution in [3.8, 4) is 17.1 Å². The summed E-state index contributed by atoms with van der Waals surface area (Å²) in [7, 11) is 0. The second kappa shape index (κ2) is 7.99. The number of aryl methyl sites for hydroxylation is 3. The van der Waals surface area contributed by atoms with Crippen LogP contribution in [0.5, 0.6) is 0 Å². The first-order valence-corrected chi connectivity index (χ1v) is 10.6. The Kier molecular flexibility index (Phi) is 5.01. The number of likely N-dealkylation sites (tertiary alicyclic amines) is 1. The quantitative estimate of drug-likeness (QED) is 0.488. The van der Waals surface area contributed by atoms with Crippen LogP contribution in [0.4, 0.5) is 0 Å². The Morgan fingerprint density at radius 1 is 1.09 bits per heavy atom. The summed E-state index contributed by atoms with van der Waals surface area (Å²) in [6.45, 7) is 6.52. The van der Waals surface area contributed by atoms with Gasteiger partial charge in [-0.25, -0.2) is 0 Å². The number of pyridine rings is 1. The van der Waals surface area contributed by atoms with Crippen LogP contribution in [0.25, 0.3) is 17.1 Å². The summed E-state index contributed by atoms with van der Waals surface area (Å²) in [6, 6.07) is 5.41. The van der Waals surface area contributed by atoms with Crippen LogP contribution in [0.3, 0.4) is 0 Å². The van der Waals surface area contributed by atoms with Crippen molar-refractivity contribution in [1.82, 2.24) is 35.0 Å². The lowest BCUT2D eigenvalue weighted by molar-refractivity contribution is 0.0709. The Hall–Kier alpha value is -3.88. The number of hydrogen-bond acceptors (Lipinski definition) is 7. The molecule has 4 heterocycles. The summed E-state index contributed by atoms with van der Waals surface area (Å²) in [5, 5.41) is 12.6. The number of benzene rings is 1. The van der Waals surface area contributed by atoms with E-state index in [0.717, 1.165) is 35.1 Å². The predicted octanol–water partition coefficient (Wildman–Crippen LogP) is 3.61. The van der Waals surface area contributed by atoms with Crippen LogP contribution in [0, 0.1) is 20.8 Å². The van der Waals surface area contributed by atoms with E-state index in [-0.39, 0.29) is 11.9 Å². The second-order valence-corrected chi connectivity index (χ2v) is 8.10. The molecule has 32 heavy (non-hydrogen) atoms. The first kappa shape index (κ1) is 20.0. The molecule has 1 aliphatic heterocycles. The van der Waals surface area contributed by atoms with Crippen molar-refractivity contribution in [2.24, 2.45) is 0 Å². The van der Waals surface area contributed by atoms with Crippen LogP contribution >= 0.6 is 0 Å². The number of rotatable bonds is 4. The van der Waals surface area contributed by atoms with Crippen molar-refractivity contribution in [2.45, 2.75) is 39.7 Å². The summed E-state index contributed by atoms with van der Waals surface area (Å²) in [5.74, 6) is 0.876. The van der Waals surface area contributed by atoms with Gasteiger partial charge in [0.15, 0.2) is 0 Å². The summed E-state index contributed by atoms with van der Waals surface area (Å²) < 4.78 is 5.65. The van der Waals surface area contributed by atoms with Crippen molar-refractivity contribution in [3.05, 3.63) is 71.1 Å². The summed E-state index contributed by atoms with van der Waals surface area (Å²) >= 11 is 0. The van der Waals surface area contributed by atoms with E-state index >= 15 is 0 Å². The highest BCUT2D eigenvalue weighted by atomic mass is 16.5. The highest BCUT2D eigenvalue weighted by Crippen LogP contribution is 2.35. The maximum absolute atomic E-state index is 13.6. The van der Waals surface area contributed by atoms with Crippen LogP contribution in [-0.2, 0) is 0 Å². The molecule has 1 atom stereocenters. The molecule has 0 spiro atoms. The zero-order valence-corrected chi connectivity index (χ0v) is 18.2. The van der Waals surface area contributed by atoms with Gasteiger partial charge in [0, 0.05) is 24.5 Å². The molecule has 0 saturated carbocycles. The molecular formula is C23H23N7O2. The summed E-state index contributed by atoms with van der Waals surface area (Å²) in [6.07, 6.45) is 8.38. The molecule has 1 unspecified atom stereocenters. The van der Waals surface area contributed by atoms with Crippen molar-refractivity contribution in [3.63, 3.8) is 0 Å². The largest absolute Gasteiger partial charge is 0.337 e. The number of nitrogens with zero attached hydrogens (tertiary/aromatic N) is 7. The fourth-order valence-corrected chi connectivity index (χ4v) is 4.28. The SMILES string of the molecule is Cc1ccc(-n2nccn2)c(C(=O)N2CCCC2c2nc(-c3c(C)cncc3C)no2)c1. The highest BCUT2D eigenvalue weighted by Gasteiger charge is 2.36. The molecule has 0 aliphatic carbocycles. The van der Waals surface area contributed by atoms with E-state index in [0.29, 0.717) is 29.5 Å². The molecule has 1 amide bonds. The average molecular weight is 429 g/mol. The van der Waals surface area contributed by atoms with Gasteiger partial charge in [0.25, 0.3) is 5.91 Å². The third kappa shape index (κ3) is 3.45. The molecule has 1 saturated heterocycles. The van der Waals surface area contributed by atoms with Crippen LogP contribution in [0.1, 0.15) is 51.8 Å². The van der Waals surface area contributed by atoms with Crippen LogP contribution in [0.15, 0.2) is 47.5 Å². The van der Waals surface area contributed by atoms with E-state index < -0.39 is 0 Å². The molecule has 162 valence electrons. The fourth-order valence-electron chi connectivity index (χ4n) is 4.28. The zero-order chi connectivity index (χ0) is 22.2. The molecule has 1 aliphatic rings. The lowest BCUT2D eigenvalue weighted by Crippen LogP contribution is -2.31. The van der Waals surface area contributed by atoms with Gasteiger partial charge in [0.1, 0.15) is 6.04 Å².